The van der Waals surface area contributed by atoms with Gasteiger partial charge < -0.3 is 9.67 Å². The van der Waals surface area contributed by atoms with Crippen LogP contribution in [-0.2, 0) is 20.1 Å². The monoisotopic (exact) mass is 357 g/mol. The predicted molar refractivity (Wildman–Crippen MR) is 101 cm³/mol. The number of hydrogen-bond donors (Lipinski definition) is 1. The van der Waals surface area contributed by atoms with Gasteiger partial charge in [-0.3, -0.25) is 0 Å². The van der Waals surface area contributed by atoms with Gasteiger partial charge in [0.15, 0.2) is 0 Å². The lowest BCUT2D eigenvalue weighted by Crippen LogP contribution is -2.00. The normalized spacial score (nSPS) is 11.0. The second kappa shape index (κ2) is 6.53. The molecule has 2 aromatic carbocycles. The lowest BCUT2D eigenvalue weighted by Gasteiger charge is -2.11. The van der Waals surface area contributed by atoms with E-state index in [1.54, 1.807) is 12.1 Å². The molecule has 3 rings (SSSR count). The van der Waals surface area contributed by atoms with Crippen molar-refractivity contribution in [2.75, 3.05) is 0 Å². The third-order valence-corrected chi connectivity index (χ3v) is 5.25. The minimum Gasteiger partial charge on any atom is -0.392 e. The number of aliphatic hydroxyl groups excluding tert-OH is 1. The molecule has 0 atom stereocenters. The summed E-state index contributed by atoms with van der Waals surface area (Å²) in [5, 5.41) is 11.7. The molecule has 0 radical (unpaired) electrons. The Balaban J connectivity index is 2.14. The van der Waals surface area contributed by atoms with E-state index in [4.69, 9.17) is 29.6 Å². The van der Waals surface area contributed by atoms with E-state index >= 15 is 0 Å². The van der Waals surface area contributed by atoms with Crippen LogP contribution >= 0.6 is 23.2 Å². The molecule has 4 heteroatoms. The Morgan fingerprint density at radius 1 is 1.21 bits per heavy atom. The van der Waals surface area contributed by atoms with Gasteiger partial charge in [-0.25, -0.2) is 0 Å². The van der Waals surface area contributed by atoms with Gasteiger partial charge >= 0.3 is 0 Å². The largest absolute Gasteiger partial charge is 0.392 e. The van der Waals surface area contributed by atoms with Gasteiger partial charge in [0, 0.05) is 40.7 Å². The Kier molecular flexibility index (Phi) is 4.60. The van der Waals surface area contributed by atoms with Gasteiger partial charge in [0.1, 0.15) is 0 Å². The molecule has 24 heavy (non-hydrogen) atoms. The topological polar surface area (TPSA) is 25.2 Å². The standard InChI is InChI=1S/C20H17Cl2NO/c1-4-13-7-12(2)16-9-15(23(3)19(16)8-13)10-17-18(21)6-5-14(11-24)20(17)22/h1,5-9,24H,10-11H2,2-3H3. The maximum Gasteiger partial charge on any atom is 0.0696 e. The van der Waals surface area contributed by atoms with Crippen LogP contribution in [0.5, 0.6) is 0 Å². The third kappa shape index (κ3) is 2.80. The van der Waals surface area contributed by atoms with Gasteiger partial charge in [0.2, 0.25) is 0 Å². The van der Waals surface area contributed by atoms with E-state index in [2.05, 4.69) is 23.5 Å². The Morgan fingerprint density at radius 3 is 2.62 bits per heavy atom. The van der Waals surface area contributed by atoms with Crippen LogP contribution in [0.3, 0.4) is 0 Å². The van der Waals surface area contributed by atoms with Gasteiger partial charge in [-0.1, -0.05) is 35.2 Å². The molecule has 0 spiro atoms. The van der Waals surface area contributed by atoms with Crippen molar-refractivity contribution in [1.82, 2.24) is 4.57 Å². The molecule has 0 aliphatic heterocycles. The first-order valence-electron chi connectivity index (χ1n) is 7.58. The molecule has 3 aromatic rings. The molecule has 0 aliphatic rings. The number of rotatable bonds is 3. The molecule has 0 aliphatic carbocycles. The molecule has 1 N–H and O–H groups in total. The number of aromatic nitrogens is 1. The van der Waals surface area contributed by atoms with E-state index in [1.807, 2.05) is 19.2 Å². The van der Waals surface area contributed by atoms with Crippen molar-refractivity contribution >= 4 is 34.1 Å². The molecule has 0 unspecified atom stereocenters. The first-order chi connectivity index (χ1) is 11.5. The number of benzene rings is 2. The molecule has 0 bridgehead atoms. The minimum atomic E-state index is -0.108. The summed E-state index contributed by atoms with van der Waals surface area (Å²) in [6.45, 7) is 1.95. The van der Waals surface area contributed by atoms with Gasteiger partial charge in [-0.2, -0.15) is 0 Å². The zero-order valence-electron chi connectivity index (χ0n) is 13.5. The SMILES string of the molecule is C#Cc1cc(C)c2cc(Cc3c(Cl)ccc(CO)c3Cl)n(C)c2c1. The Hall–Kier alpha value is -1.92. The highest BCUT2D eigenvalue weighted by Gasteiger charge is 2.15. The Morgan fingerprint density at radius 2 is 1.96 bits per heavy atom. The fraction of sp³-hybridized carbons (Fsp3) is 0.200. The molecule has 0 saturated carbocycles. The van der Waals surface area contributed by atoms with E-state index < -0.39 is 0 Å². The fourth-order valence-electron chi connectivity index (χ4n) is 3.03. The first-order valence-corrected chi connectivity index (χ1v) is 8.34. The van der Waals surface area contributed by atoms with Crippen LogP contribution in [0.15, 0.2) is 30.3 Å². The minimum absolute atomic E-state index is 0.108. The summed E-state index contributed by atoms with van der Waals surface area (Å²) in [7, 11) is 2.01. The molecule has 122 valence electrons. The highest BCUT2D eigenvalue weighted by atomic mass is 35.5. The molecular weight excluding hydrogens is 341 g/mol. The van der Waals surface area contributed by atoms with Gasteiger partial charge in [-0.05, 0) is 47.9 Å². The van der Waals surface area contributed by atoms with E-state index in [0.29, 0.717) is 22.0 Å². The van der Waals surface area contributed by atoms with Gasteiger partial charge in [0.25, 0.3) is 0 Å². The summed E-state index contributed by atoms with van der Waals surface area (Å²) in [5.41, 5.74) is 5.69. The van der Waals surface area contributed by atoms with E-state index in [1.165, 1.54) is 0 Å². The number of halogens is 2. The Labute approximate surface area is 151 Å². The van der Waals surface area contributed by atoms with E-state index in [0.717, 1.165) is 33.3 Å². The van der Waals surface area contributed by atoms with E-state index in [9.17, 15) is 5.11 Å². The summed E-state index contributed by atoms with van der Waals surface area (Å²) < 4.78 is 2.11. The van der Waals surface area contributed by atoms with Crippen LogP contribution in [0.1, 0.15) is 27.9 Å². The average molecular weight is 358 g/mol. The zero-order valence-corrected chi connectivity index (χ0v) is 15.0. The summed E-state index contributed by atoms with van der Waals surface area (Å²) in [6.07, 6.45) is 6.13. The van der Waals surface area contributed by atoms with Crippen molar-refractivity contribution in [3.63, 3.8) is 0 Å². The molecule has 1 heterocycles. The number of nitrogens with zero attached hydrogens (tertiary/aromatic N) is 1. The summed E-state index contributed by atoms with van der Waals surface area (Å²) >= 11 is 12.8. The molecule has 0 fully saturated rings. The maximum atomic E-state index is 9.41. The molecule has 0 saturated heterocycles. The summed E-state index contributed by atoms with van der Waals surface area (Å²) in [5.74, 6) is 2.70. The number of fused-ring (bicyclic) bond motifs is 1. The van der Waals surface area contributed by atoms with Gasteiger partial charge in [0.05, 0.1) is 11.6 Å². The number of aliphatic hydroxyl groups is 1. The van der Waals surface area contributed by atoms with Crippen molar-refractivity contribution in [3.05, 3.63) is 68.3 Å². The molecule has 1 aromatic heterocycles. The lowest BCUT2D eigenvalue weighted by molar-refractivity contribution is 0.282. The molecular formula is C20H17Cl2NO. The lowest BCUT2D eigenvalue weighted by atomic mass is 10.0. The first kappa shape index (κ1) is 16.9. The summed E-state index contributed by atoms with van der Waals surface area (Å²) in [6, 6.07) is 9.69. The third-order valence-electron chi connectivity index (χ3n) is 4.43. The van der Waals surface area contributed by atoms with Crippen molar-refractivity contribution in [2.45, 2.75) is 20.0 Å². The van der Waals surface area contributed by atoms with Crippen LogP contribution in [0.2, 0.25) is 10.0 Å². The summed E-state index contributed by atoms with van der Waals surface area (Å²) in [4.78, 5) is 0. The Bertz CT molecular complexity index is 980. The van der Waals surface area contributed by atoms with E-state index in [-0.39, 0.29) is 6.61 Å². The smallest absolute Gasteiger partial charge is 0.0696 e. The highest BCUT2D eigenvalue weighted by Crippen LogP contribution is 2.32. The number of aryl methyl sites for hydroxylation is 2. The van der Waals surface area contributed by atoms with Crippen molar-refractivity contribution < 1.29 is 5.11 Å². The second-order valence-corrected chi connectivity index (χ2v) is 6.68. The molecule has 2 nitrogen and oxygen atoms in total. The zero-order chi connectivity index (χ0) is 17.4. The molecule has 0 amide bonds. The quantitative estimate of drug-likeness (QED) is 0.665. The fourth-order valence-corrected chi connectivity index (χ4v) is 3.59. The predicted octanol–water partition coefficient (Wildman–Crippen LogP) is 4.86. The average Bonchev–Trinajstić information content (AvgIpc) is 2.88. The maximum absolute atomic E-state index is 9.41. The van der Waals surface area contributed by atoms with Crippen LogP contribution < -0.4 is 0 Å². The van der Waals surface area contributed by atoms with Crippen LogP contribution in [-0.4, -0.2) is 9.67 Å². The van der Waals surface area contributed by atoms with Crippen LogP contribution in [0, 0.1) is 19.3 Å². The second-order valence-electron chi connectivity index (χ2n) is 5.90. The van der Waals surface area contributed by atoms with Crippen LogP contribution in [0.4, 0.5) is 0 Å². The van der Waals surface area contributed by atoms with Crippen molar-refractivity contribution in [1.29, 1.82) is 0 Å². The highest BCUT2D eigenvalue weighted by molar-refractivity contribution is 6.36. The number of hydrogen-bond acceptors (Lipinski definition) is 1. The number of terminal acetylenes is 1. The van der Waals surface area contributed by atoms with Gasteiger partial charge in [-0.15, -0.1) is 6.42 Å². The van der Waals surface area contributed by atoms with Crippen molar-refractivity contribution in [2.24, 2.45) is 7.05 Å². The van der Waals surface area contributed by atoms with Crippen molar-refractivity contribution in [3.8, 4) is 12.3 Å². The van der Waals surface area contributed by atoms with Crippen LogP contribution in [0.25, 0.3) is 10.9 Å².